The highest BCUT2D eigenvalue weighted by Gasteiger charge is 2.40. The minimum absolute atomic E-state index is 0.130. The quantitative estimate of drug-likeness (QED) is 0.492. The second kappa shape index (κ2) is 7.02. The van der Waals surface area contributed by atoms with Crippen LogP contribution in [0.2, 0.25) is 0 Å². The first kappa shape index (κ1) is 18.9. The smallest absolute Gasteiger partial charge is 0.213 e. The summed E-state index contributed by atoms with van der Waals surface area (Å²) >= 11 is 0. The molecule has 3 nitrogen and oxygen atoms in total. The number of hydrogen-bond acceptors (Lipinski definition) is 3. The van der Waals surface area contributed by atoms with Crippen molar-refractivity contribution in [2.24, 2.45) is 5.10 Å². The molecule has 2 aliphatic heterocycles. The molecule has 0 aromatic heterocycles. The highest BCUT2D eigenvalue weighted by molar-refractivity contribution is 6.02. The van der Waals surface area contributed by atoms with Gasteiger partial charge in [0.15, 0.2) is 0 Å². The zero-order chi connectivity index (χ0) is 20.9. The fraction of sp³-hybridized carbons (Fsp3) is 0.296. The SMILES string of the molecule is Cc1ccc(C2=NN3C(C2)c2ccccc2OC3c2ccc(C(C)(C)C)cc2)cc1. The Morgan fingerprint density at radius 1 is 0.900 bits per heavy atom. The first-order chi connectivity index (χ1) is 14.4. The van der Waals surface area contributed by atoms with Gasteiger partial charge < -0.3 is 4.74 Å². The summed E-state index contributed by atoms with van der Waals surface area (Å²) in [5.74, 6) is 0.962. The minimum Gasteiger partial charge on any atom is -0.464 e. The topological polar surface area (TPSA) is 24.8 Å². The molecule has 2 heterocycles. The van der Waals surface area contributed by atoms with Gasteiger partial charge in [0.25, 0.3) is 0 Å². The van der Waals surface area contributed by atoms with Gasteiger partial charge in [0.2, 0.25) is 6.23 Å². The van der Waals surface area contributed by atoms with Gasteiger partial charge in [0, 0.05) is 17.5 Å². The third-order valence-electron chi connectivity index (χ3n) is 6.15. The second-order valence-corrected chi connectivity index (χ2v) is 9.39. The Labute approximate surface area is 179 Å². The summed E-state index contributed by atoms with van der Waals surface area (Å²) in [5, 5.41) is 7.22. The van der Waals surface area contributed by atoms with Gasteiger partial charge in [-0.25, -0.2) is 5.01 Å². The maximum Gasteiger partial charge on any atom is 0.213 e. The standard InChI is InChI=1S/C27H28N2O/c1-18-9-11-19(12-10-18)23-17-24-22-7-5-6-8-25(22)30-26(29(24)28-23)20-13-15-21(16-14-20)27(2,3)4/h5-16,24,26H,17H2,1-4H3. The summed E-state index contributed by atoms with van der Waals surface area (Å²) in [4.78, 5) is 0. The van der Waals surface area contributed by atoms with Crippen LogP contribution in [0.1, 0.15) is 67.3 Å². The lowest BCUT2D eigenvalue weighted by molar-refractivity contribution is -0.0190. The molecule has 2 atom stereocenters. The molecule has 5 rings (SSSR count). The molecule has 3 aromatic carbocycles. The van der Waals surface area contributed by atoms with Crippen LogP contribution in [0, 0.1) is 6.92 Å². The summed E-state index contributed by atoms with van der Waals surface area (Å²) < 4.78 is 6.48. The average Bonchev–Trinajstić information content (AvgIpc) is 3.19. The normalized spacial score (nSPS) is 20.3. The van der Waals surface area contributed by atoms with E-state index in [2.05, 4.69) is 99.4 Å². The first-order valence-electron chi connectivity index (χ1n) is 10.7. The Balaban J connectivity index is 1.55. The number of benzene rings is 3. The van der Waals surface area contributed by atoms with Gasteiger partial charge in [-0.15, -0.1) is 0 Å². The van der Waals surface area contributed by atoms with Crippen molar-refractivity contribution in [3.63, 3.8) is 0 Å². The van der Waals surface area contributed by atoms with Crippen molar-refractivity contribution in [3.05, 3.63) is 101 Å². The van der Waals surface area contributed by atoms with E-state index < -0.39 is 0 Å². The van der Waals surface area contributed by atoms with Gasteiger partial charge in [-0.1, -0.05) is 93.1 Å². The van der Waals surface area contributed by atoms with Crippen molar-refractivity contribution in [2.45, 2.75) is 51.8 Å². The van der Waals surface area contributed by atoms with Crippen LogP contribution in [-0.4, -0.2) is 10.7 Å². The van der Waals surface area contributed by atoms with E-state index in [-0.39, 0.29) is 17.7 Å². The van der Waals surface area contributed by atoms with Gasteiger partial charge in [0.1, 0.15) is 5.75 Å². The lowest BCUT2D eigenvalue weighted by Gasteiger charge is -2.38. The maximum absolute atomic E-state index is 6.48. The molecule has 0 bridgehead atoms. The van der Waals surface area contributed by atoms with Crippen molar-refractivity contribution in [2.75, 3.05) is 0 Å². The largest absolute Gasteiger partial charge is 0.464 e. The van der Waals surface area contributed by atoms with Crippen LogP contribution in [0.5, 0.6) is 5.75 Å². The Hall–Kier alpha value is -3.07. The third kappa shape index (κ3) is 3.28. The molecule has 0 amide bonds. The van der Waals surface area contributed by atoms with Gasteiger partial charge in [0.05, 0.1) is 11.8 Å². The van der Waals surface area contributed by atoms with E-state index in [9.17, 15) is 0 Å². The molecule has 3 heteroatoms. The van der Waals surface area contributed by atoms with Gasteiger partial charge in [-0.05, 0) is 29.5 Å². The monoisotopic (exact) mass is 396 g/mol. The van der Waals surface area contributed by atoms with E-state index in [0.29, 0.717) is 0 Å². The van der Waals surface area contributed by atoms with Crippen LogP contribution in [-0.2, 0) is 5.41 Å². The summed E-state index contributed by atoms with van der Waals surface area (Å²) in [5.41, 5.74) is 7.38. The fourth-order valence-corrected chi connectivity index (χ4v) is 4.32. The van der Waals surface area contributed by atoms with Crippen molar-refractivity contribution in [3.8, 4) is 5.75 Å². The molecule has 152 valence electrons. The van der Waals surface area contributed by atoms with Crippen molar-refractivity contribution in [1.29, 1.82) is 0 Å². The van der Waals surface area contributed by atoms with Crippen LogP contribution in [0.3, 0.4) is 0 Å². The first-order valence-corrected chi connectivity index (χ1v) is 10.7. The zero-order valence-corrected chi connectivity index (χ0v) is 18.1. The Kier molecular flexibility index (Phi) is 4.43. The Morgan fingerprint density at radius 3 is 2.30 bits per heavy atom. The second-order valence-electron chi connectivity index (χ2n) is 9.39. The molecule has 0 spiro atoms. The van der Waals surface area contributed by atoms with Gasteiger partial charge >= 0.3 is 0 Å². The van der Waals surface area contributed by atoms with Crippen LogP contribution < -0.4 is 4.74 Å². The molecule has 2 unspecified atom stereocenters. The predicted octanol–water partition coefficient (Wildman–Crippen LogP) is 6.53. The van der Waals surface area contributed by atoms with Crippen LogP contribution >= 0.6 is 0 Å². The molecule has 3 aromatic rings. The summed E-state index contributed by atoms with van der Waals surface area (Å²) in [7, 11) is 0. The van der Waals surface area contributed by atoms with E-state index in [0.717, 1.165) is 23.4 Å². The molecule has 30 heavy (non-hydrogen) atoms. The maximum atomic E-state index is 6.48. The molecule has 0 fully saturated rings. The Bertz CT molecular complexity index is 1090. The van der Waals surface area contributed by atoms with Crippen LogP contribution in [0.4, 0.5) is 0 Å². The number of hydrazone groups is 1. The summed E-state index contributed by atoms with van der Waals surface area (Å²) in [6, 6.07) is 26.0. The van der Waals surface area contributed by atoms with E-state index in [1.165, 1.54) is 22.3 Å². The highest BCUT2D eigenvalue weighted by atomic mass is 16.5. The fourth-order valence-electron chi connectivity index (χ4n) is 4.32. The molecule has 2 aliphatic rings. The van der Waals surface area contributed by atoms with E-state index in [1.54, 1.807) is 0 Å². The molecular formula is C27H28N2O. The predicted molar refractivity (Wildman–Crippen MR) is 122 cm³/mol. The molecule has 0 aliphatic carbocycles. The summed E-state index contributed by atoms with van der Waals surface area (Å²) in [6.45, 7) is 8.84. The Morgan fingerprint density at radius 2 is 1.60 bits per heavy atom. The number of nitrogens with zero attached hydrogens (tertiary/aromatic N) is 2. The number of para-hydroxylation sites is 1. The molecule has 0 saturated heterocycles. The summed E-state index contributed by atoms with van der Waals surface area (Å²) in [6.07, 6.45) is 0.668. The number of ether oxygens (including phenoxy) is 1. The van der Waals surface area contributed by atoms with Gasteiger partial charge in [-0.3, -0.25) is 0 Å². The number of fused-ring (bicyclic) bond motifs is 3. The van der Waals surface area contributed by atoms with E-state index in [1.807, 2.05) is 6.07 Å². The number of aryl methyl sites for hydroxylation is 1. The van der Waals surface area contributed by atoms with Gasteiger partial charge in [-0.2, -0.15) is 5.10 Å². The molecule has 0 saturated carbocycles. The molecular weight excluding hydrogens is 368 g/mol. The lowest BCUT2D eigenvalue weighted by atomic mass is 9.86. The van der Waals surface area contributed by atoms with Crippen molar-refractivity contribution in [1.82, 2.24) is 5.01 Å². The van der Waals surface area contributed by atoms with E-state index in [4.69, 9.17) is 9.84 Å². The third-order valence-corrected chi connectivity index (χ3v) is 6.15. The minimum atomic E-state index is -0.220. The average molecular weight is 397 g/mol. The van der Waals surface area contributed by atoms with Crippen LogP contribution in [0.15, 0.2) is 77.9 Å². The van der Waals surface area contributed by atoms with Crippen LogP contribution in [0.25, 0.3) is 0 Å². The number of hydrogen-bond donors (Lipinski definition) is 0. The van der Waals surface area contributed by atoms with E-state index >= 15 is 0 Å². The van der Waals surface area contributed by atoms with Crippen molar-refractivity contribution < 1.29 is 4.74 Å². The molecule has 0 radical (unpaired) electrons. The highest BCUT2D eigenvalue weighted by Crippen LogP contribution is 2.47. The molecule has 0 N–H and O–H groups in total. The zero-order valence-electron chi connectivity index (χ0n) is 18.1. The number of rotatable bonds is 2. The van der Waals surface area contributed by atoms with Crippen molar-refractivity contribution >= 4 is 5.71 Å². The lowest BCUT2D eigenvalue weighted by Crippen LogP contribution is -2.33.